The molecule has 1 saturated heterocycles. The monoisotopic (exact) mass is 1170 g/mol. The van der Waals surface area contributed by atoms with Crippen molar-refractivity contribution in [3.8, 4) is 5.88 Å². The number of piperazine rings is 1. The van der Waals surface area contributed by atoms with E-state index in [1.807, 2.05) is 35.2 Å². The van der Waals surface area contributed by atoms with Crippen molar-refractivity contribution in [3.05, 3.63) is 111 Å². The van der Waals surface area contributed by atoms with Gasteiger partial charge in [0.25, 0.3) is 21.6 Å². The first-order valence-electron chi connectivity index (χ1n) is 27.0. The van der Waals surface area contributed by atoms with Crippen LogP contribution in [0.2, 0.25) is 5.02 Å². The van der Waals surface area contributed by atoms with E-state index in [9.17, 15) is 37.5 Å². The van der Waals surface area contributed by atoms with Gasteiger partial charge in [-0.2, -0.15) is 4.98 Å². The summed E-state index contributed by atoms with van der Waals surface area (Å²) in [6.07, 6.45) is 4.99. The van der Waals surface area contributed by atoms with Gasteiger partial charge in [0.15, 0.2) is 0 Å². The molecular weight excluding hydrogens is 1100 g/mol. The summed E-state index contributed by atoms with van der Waals surface area (Å²) >= 11 is 6.29. The summed E-state index contributed by atoms with van der Waals surface area (Å²) in [4.78, 5) is 64.9. The Labute approximate surface area is 477 Å². The highest BCUT2D eigenvalue weighted by Gasteiger charge is 2.34. The highest BCUT2D eigenvalue weighted by molar-refractivity contribution is 7.90. The van der Waals surface area contributed by atoms with Crippen molar-refractivity contribution in [3.63, 3.8) is 0 Å². The first-order chi connectivity index (χ1) is 38.2. The molecule has 2 aliphatic heterocycles. The normalized spacial score (nSPS) is 16.9. The molecule has 1 atom stereocenters. The number of benzene rings is 3. The molecule has 1 amide bonds. The number of nitro groups is 1. The van der Waals surface area contributed by atoms with Gasteiger partial charge in [-0.05, 0) is 138 Å². The van der Waals surface area contributed by atoms with Crippen LogP contribution in [0.15, 0.2) is 89.5 Å². The molecule has 0 bridgehead atoms. The third kappa shape index (κ3) is 15.3. The Bertz CT molecular complexity index is 3350. The average Bonchev–Trinajstić information content (AvgIpc) is 3.82. The van der Waals surface area contributed by atoms with Gasteiger partial charge in [-0.15, -0.1) is 0 Å². The lowest BCUT2D eigenvalue weighted by Crippen LogP contribution is -2.47. The van der Waals surface area contributed by atoms with E-state index in [2.05, 4.69) is 50.8 Å². The molecule has 1 aliphatic carbocycles. The number of carbonyl (C=O) groups is 3. The number of amides is 1. The van der Waals surface area contributed by atoms with E-state index in [-0.39, 0.29) is 36.4 Å². The number of H-pyrrole nitrogens is 1. The zero-order valence-corrected chi connectivity index (χ0v) is 49.6. The maximum atomic E-state index is 14.6. The van der Waals surface area contributed by atoms with E-state index in [1.54, 1.807) is 59.9 Å². The van der Waals surface area contributed by atoms with Gasteiger partial charge in [0.05, 0.1) is 51.3 Å². The molecule has 8 rings (SSSR count). The van der Waals surface area contributed by atoms with Crippen LogP contribution in [0, 0.1) is 26.4 Å². The van der Waals surface area contributed by atoms with Crippen LogP contribution >= 0.6 is 19.2 Å². The lowest BCUT2D eigenvalue weighted by atomic mass is 9.72. The van der Waals surface area contributed by atoms with Crippen molar-refractivity contribution in [2.75, 3.05) is 93.7 Å². The number of hydrogen-bond acceptors (Lipinski definition) is 18. The van der Waals surface area contributed by atoms with Gasteiger partial charge in [0.2, 0.25) is 12.7 Å². The third-order valence-electron chi connectivity index (χ3n) is 14.3. The fourth-order valence-electron chi connectivity index (χ4n) is 9.66. The molecule has 0 saturated carbocycles. The molecule has 5 aromatic rings. The van der Waals surface area contributed by atoms with E-state index in [4.69, 9.17) is 39.8 Å². The van der Waals surface area contributed by atoms with E-state index < -0.39 is 74.8 Å². The van der Waals surface area contributed by atoms with Crippen LogP contribution in [0.25, 0.3) is 16.6 Å². The Morgan fingerprint density at radius 1 is 0.889 bits per heavy atom. The number of pyridine rings is 1. The van der Waals surface area contributed by atoms with Crippen molar-refractivity contribution in [2.45, 2.75) is 86.0 Å². The number of fused-ring (bicyclic) bond motifs is 2. The van der Waals surface area contributed by atoms with Gasteiger partial charge in [-0.3, -0.25) is 38.5 Å². The van der Waals surface area contributed by atoms with Gasteiger partial charge in [0.1, 0.15) is 23.6 Å². The quantitative estimate of drug-likeness (QED) is 0.0163. The highest BCUT2D eigenvalue weighted by atomic mass is 35.5. The number of nitrogens with zero attached hydrogens (tertiary/aromatic N) is 5. The number of hydrogen-bond donors (Lipinski definition) is 3. The third-order valence-corrected chi connectivity index (χ3v) is 17.7. The van der Waals surface area contributed by atoms with E-state index >= 15 is 0 Å². The largest absolute Gasteiger partial charge is 0.476 e. The summed E-state index contributed by atoms with van der Waals surface area (Å²) in [5, 5.41) is 16.8. The lowest BCUT2D eigenvalue weighted by Gasteiger charge is -2.39. The summed E-state index contributed by atoms with van der Waals surface area (Å²) in [6.45, 7) is 17.4. The van der Waals surface area contributed by atoms with Crippen LogP contribution in [0.5, 0.6) is 5.88 Å². The van der Waals surface area contributed by atoms with Crippen LogP contribution in [0.1, 0.15) is 97.0 Å². The molecule has 436 valence electrons. The molecule has 0 spiro atoms. The first kappa shape index (κ1) is 60.5. The van der Waals surface area contributed by atoms with E-state index in [1.165, 1.54) is 16.7 Å². The number of halogens is 1. The Kier molecular flexibility index (Phi) is 18.6. The molecular formula is C57H72ClN8O13PS. The Morgan fingerprint density at radius 3 is 2.31 bits per heavy atom. The molecule has 4 heterocycles. The Hall–Kier alpha value is -6.55. The number of anilines is 4. The number of aromatic amines is 1. The Balaban J connectivity index is 1.01. The number of nitro benzene ring substituents is 1. The van der Waals surface area contributed by atoms with Crippen molar-refractivity contribution in [2.24, 2.45) is 16.2 Å². The van der Waals surface area contributed by atoms with Crippen LogP contribution in [0.4, 0.5) is 28.4 Å². The van der Waals surface area contributed by atoms with Crippen molar-refractivity contribution < 1.29 is 55.5 Å². The van der Waals surface area contributed by atoms with Gasteiger partial charge in [-0.1, -0.05) is 43.2 Å². The number of aromatic nitrogens is 2. The highest BCUT2D eigenvalue weighted by Crippen LogP contribution is 2.48. The topological polar surface area (TPSA) is 254 Å². The van der Waals surface area contributed by atoms with Gasteiger partial charge < -0.3 is 38.8 Å². The minimum Gasteiger partial charge on any atom is -0.476 e. The summed E-state index contributed by atoms with van der Waals surface area (Å²) < 4.78 is 71.9. The number of rotatable bonds is 20. The molecule has 3 aliphatic rings. The van der Waals surface area contributed by atoms with Crippen LogP contribution < -0.4 is 24.6 Å². The van der Waals surface area contributed by atoms with E-state index in [0.29, 0.717) is 60.6 Å². The molecule has 81 heavy (non-hydrogen) atoms. The van der Waals surface area contributed by atoms with Crippen LogP contribution in [-0.4, -0.2) is 125 Å². The minimum atomic E-state index is -4.78. The molecule has 1 unspecified atom stereocenters. The maximum Gasteiger partial charge on any atom is 0.335 e. The minimum absolute atomic E-state index is 0.0204. The number of esters is 2. The van der Waals surface area contributed by atoms with Crippen molar-refractivity contribution in [1.29, 1.82) is 0 Å². The molecule has 3 aromatic carbocycles. The molecule has 1 fully saturated rings. The standard InChI is InChI=1S/C57H72ClN8O13PS/c1-55(2,3)53(68)76-29-30-78-80(72,79-37-77-54(69)56(4,5)6)31-22-59-46-17-15-43(34-48(46)66(70)71)81(73,74)62-51(67)44-16-14-42(33-47(44)65-23-9-28-75-52-49(65)32-39-19-21-60-50(39)61-52)64-26-24-63(25-27-64)36-40-18-20-57(7,8)35-45(40)38-10-12-41(58)13-11-38/h10-17,19,21,32-34,59H,9,18,20,22-31,35-37H2,1-8H3,(H,60,61)(H,62,67). The second-order valence-electron chi connectivity index (χ2n) is 23.3. The fraction of sp³-hybridized carbons (Fsp3) is 0.474. The van der Waals surface area contributed by atoms with Gasteiger partial charge >= 0.3 is 19.5 Å². The molecule has 24 heteroatoms. The molecule has 21 nitrogen and oxygen atoms in total. The summed E-state index contributed by atoms with van der Waals surface area (Å²) in [7, 11) is -8.91. The second kappa shape index (κ2) is 24.9. The van der Waals surface area contributed by atoms with Crippen molar-refractivity contribution in [1.82, 2.24) is 19.6 Å². The Morgan fingerprint density at radius 2 is 1.60 bits per heavy atom. The lowest BCUT2D eigenvalue weighted by molar-refractivity contribution is -0.384. The second-order valence-corrected chi connectivity index (χ2v) is 27.6. The number of allylic oxidation sites excluding steroid dienone is 1. The fourth-order valence-corrected chi connectivity index (χ4v) is 12.1. The van der Waals surface area contributed by atoms with Gasteiger partial charge in [0, 0.05) is 74.2 Å². The molecule has 0 radical (unpaired) electrons. The summed E-state index contributed by atoms with van der Waals surface area (Å²) in [5.41, 5.74) is 4.13. The van der Waals surface area contributed by atoms with Crippen LogP contribution in [-0.2, 0) is 42.7 Å². The smallest absolute Gasteiger partial charge is 0.335 e. The predicted molar refractivity (Wildman–Crippen MR) is 311 cm³/mol. The molecule has 2 aromatic heterocycles. The predicted octanol–water partition coefficient (Wildman–Crippen LogP) is 10.7. The molecule has 3 N–H and O–H groups in total. The van der Waals surface area contributed by atoms with Crippen molar-refractivity contribution >= 4 is 92.1 Å². The zero-order chi connectivity index (χ0) is 58.5. The SMILES string of the molecule is CC1(C)CCC(CN2CCN(c3ccc(C(=O)NS(=O)(=O)c4ccc(NCCP(=O)(OCCOC(=O)C(C)(C)C)OCOC(=O)C(C)(C)C)c([N+](=O)[O-])c4)c(N4CCCOc5nc6[nH]ccc6cc54)c3)CC2)=C(c2ccc(Cl)cc2)C1. The van der Waals surface area contributed by atoms with E-state index in [0.717, 1.165) is 68.2 Å². The number of carbonyl (C=O) groups excluding carboxylic acids is 3. The number of sulfonamides is 1. The zero-order valence-electron chi connectivity index (χ0n) is 47.1. The number of ether oxygens (including phenoxy) is 3. The summed E-state index contributed by atoms with van der Waals surface area (Å²) in [5.74, 6) is -1.81. The first-order valence-corrected chi connectivity index (χ1v) is 30.6. The number of nitrogens with one attached hydrogen (secondary N) is 3. The summed E-state index contributed by atoms with van der Waals surface area (Å²) in [6, 6.07) is 20.2. The van der Waals surface area contributed by atoms with Crippen LogP contribution in [0.3, 0.4) is 0 Å². The maximum absolute atomic E-state index is 14.6. The van der Waals surface area contributed by atoms with Gasteiger partial charge in [-0.25, -0.2) is 13.1 Å². The average molecular weight is 1180 g/mol.